The van der Waals surface area contributed by atoms with Gasteiger partial charge in [-0.15, -0.1) is 0 Å². The molecule has 1 aliphatic rings. The molecule has 0 N–H and O–H groups in total. The van der Waals surface area contributed by atoms with Crippen molar-refractivity contribution in [1.29, 1.82) is 0 Å². The number of esters is 2. The first-order valence-electron chi connectivity index (χ1n) is 30.3. The van der Waals surface area contributed by atoms with Crippen molar-refractivity contribution >= 4 is 63.3 Å². The lowest BCUT2D eigenvalue weighted by molar-refractivity contribution is -0.136. The van der Waals surface area contributed by atoms with E-state index in [9.17, 15) is 9.59 Å². The number of methoxy groups -OCH3 is 1. The van der Waals surface area contributed by atoms with Crippen molar-refractivity contribution in [2.45, 2.75) is 168 Å². The van der Waals surface area contributed by atoms with Crippen LogP contribution in [0.5, 0.6) is 23.0 Å². The second kappa shape index (κ2) is 29.1. The molecule has 17 heteroatoms. The third-order valence-corrected chi connectivity index (χ3v) is 35.9. The molecule has 0 amide bonds. The van der Waals surface area contributed by atoms with E-state index < -0.39 is 57.3 Å². The average molecular weight is 1240 g/mol. The van der Waals surface area contributed by atoms with Gasteiger partial charge in [0.2, 0.25) is 8.32 Å². The zero-order chi connectivity index (χ0) is 60.9. The van der Waals surface area contributed by atoms with Crippen LogP contribution in [0.15, 0.2) is 133 Å². The van der Waals surface area contributed by atoms with Gasteiger partial charge in [0.05, 0.1) is 13.3 Å². The molecule has 0 saturated carbocycles. The van der Waals surface area contributed by atoms with Gasteiger partial charge in [-0.05, 0) is 216 Å². The number of benzene rings is 6. The van der Waals surface area contributed by atoms with Crippen molar-refractivity contribution in [1.82, 2.24) is 0 Å². The molecule has 452 valence electrons. The Morgan fingerprint density at radius 3 is 1.60 bits per heavy atom. The first kappa shape index (κ1) is 66.5. The van der Waals surface area contributed by atoms with E-state index in [4.69, 9.17) is 39.8 Å². The Labute approximate surface area is 509 Å². The quantitative estimate of drug-likeness (QED) is 0.0174. The van der Waals surface area contributed by atoms with E-state index in [2.05, 4.69) is 164 Å². The molecule has 7 rings (SSSR count). The number of carbonyl (C=O) groups is 2. The summed E-state index contributed by atoms with van der Waals surface area (Å²) in [6.07, 6.45) is 7.68. The van der Waals surface area contributed by atoms with E-state index in [1.54, 1.807) is 7.11 Å². The van der Waals surface area contributed by atoms with Gasteiger partial charge in [0.25, 0.3) is 0 Å². The number of hydrogen-bond acceptors (Lipinski definition) is 11. The number of carbonyl (C=O) groups excluding carboxylic acids is 2. The molecule has 84 heavy (non-hydrogen) atoms. The first-order valence-corrected chi connectivity index (χ1v) is 47.4. The minimum Gasteiger partial charge on any atom is -0.496 e. The van der Waals surface area contributed by atoms with E-state index in [-0.39, 0.29) is 18.0 Å². The lowest BCUT2D eigenvalue weighted by atomic mass is 9.69. The minimum atomic E-state index is -2.74. The highest BCUT2D eigenvalue weighted by molar-refractivity contribution is 6.88. The molecule has 0 radical (unpaired) electrons. The van der Waals surface area contributed by atoms with Crippen LogP contribution in [0.1, 0.15) is 83.5 Å². The first-order chi connectivity index (χ1) is 39.7. The van der Waals surface area contributed by atoms with Crippen LogP contribution >= 0.6 is 0 Å². The Morgan fingerprint density at radius 2 is 1.05 bits per heavy atom. The molecular weight excluding hydrogens is 1150 g/mol. The summed E-state index contributed by atoms with van der Waals surface area (Å²) < 4.78 is 58.5. The zero-order valence-electron chi connectivity index (χ0n) is 53.0. The number of ether oxygens (including phenoxy) is 4. The minimum absolute atomic E-state index is 0.218. The van der Waals surface area contributed by atoms with Crippen molar-refractivity contribution in [3.63, 3.8) is 0 Å². The number of rotatable bonds is 32. The molecule has 0 heterocycles. The summed E-state index contributed by atoms with van der Waals surface area (Å²) in [5.74, 6) is 2.05. The normalized spacial score (nSPS) is 14.5. The molecule has 2 unspecified atom stereocenters. The highest BCUT2D eigenvalue weighted by Crippen LogP contribution is 2.52. The van der Waals surface area contributed by atoms with E-state index in [1.807, 2.05) is 62.4 Å². The molecule has 0 fully saturated rings. The molecule has 1 aliphatic carbocycles. The van der Waals surface area contributed by atoms with Crippen LogP contribution in [0.4, 0.5) is 0 Å². The van der Waals surface area contributed by atoms with Crippen molar-refractivity contribution in [2.24, 2.45) is 0 Å². The zero-order valence-corrected chi connectivity index (χ0v) is 59.1. The van der Waals surface area contributed by atoms with E-state index in [0.29, 0.717) is 29.9 Å². The molecule has 0 spiro atoms. The Bertz CT molecular complexity index is 3130. The molecule has 0 aliphatic heterocycles. The number of aryl methyl sites for hydroxylation is 4. The molecule has 6 aromatic carbocycles. The maximum atomic E-state index is 13.6. The van der Waals surface area contributed by atoms with Gasteiger partial charge in [-0.2, -0.15) is 0 Å². The van der Waals surface area contributed by atoms with E-state index in [1.165, 1.54) is 27.8 Å². The standard InChI is InChI=1S/C67H94O11Si6/c1-16-65(68)74-64-38-24-18-30-56(64)32-25-27-43-83(14,77-82(12,13)75-79(5)6)50-72-81(10,11)78-84(15,76-80(7,8)9)44-28-26-31-55-29-17-23-37-63(55)71-49-66(69)73-62-42-40-54(46-52(62)3)48-67(47-53-39-41-61(70-4)51(2)45-53)59-35-21-19-33-57(59)58-34-20-22-36-60(58)67/h17-24,29-30,33-42,45-46,79H,16,25-28,31-32,43-44,47-50H2,1-15H3. The van der Waals surface area contributed by atoms with E-state index >= 15 is 0 Å². The van der Waals surface area contributed by atoms with Crippen molar-refractivity contribution in [2.75, 3.05) is 19.9 Å². The Morgan fingerprint density at radius 1 is 0.536 bits per heavy atom. The topological polar surface area (TPSA) is 117 Å². The molecule has 2 atom stereocenters. The van der Waals surface area contributed by atoms with Crippen LogP contribution in [0, 0.1) is 13.8 Å². The highest BCUT2D eigenvalue weighted by Gasteiger charge is 2.46. The summed E-state index contributed by atoms with van der Waals surface area (Å²) in [6, 6.07) is 47.9. The van der Waals surface area contributed by atoms with Gasteiger partial charge in [-0.1, -0.05) is 129 Å². The van der Waals surface area contributed by atoms with Crippen LogP contribution in [-0.4, -0.2) is 83.2 Å². The fourth-order valence-corrected chi connectivity index (χ4v) is 38.4. The van der Waals surface area contributed by atoms with Crippen molar-refractivity contribution in [3.8, 4) is 34.1 Å². The summed E-state index contributed by atoms with van der Waals surface area (Å²) in [5, 5.41) is 0. The van der Waals surface area contributed by atoms with E-state index in [0.717, 1.165) is 97.0 Å². The Hall–Kier alpha value is -5.04. The number of fused-ring (bicyclic) bond motifs is 3. The number of para-hydroxylation sites is 2. The van der Waals surface area contributed by atoms with Gasteiger partial charge in [0.15, 0.2) is 24.0 Å². The summed E-state index contributed by atoms with van der Waals surface area (Å²) in [6.45, 7) is 30.0. The molecule has 11 nitrogen and oxygen atoms in total. The molecular formula is C67H94O11Si6. The van der Waals surface area contributed by atoms with Crippen molar-refractivity contribution in [3.05, 3.63) is 178 Å². The van der Waals surface area contributed by atoms with Gasteiger partial charge < -0.3 is 39.8 Å². The summed E-state index contributed by atoms with van der Waals surface area (Å²) >= 11 is 0. The van der Waals surface area contributed by atoms with Crippen LogP contribution < -0.4 is 18.9 Å². The summed E-state index contributed by atoms with van der Waals surface area (Å²) in [7, 11) is -12.0. The highest BCUT2D eigenvalue weighted by atomic mass is 28.5. The van der Waals surface area contributed by atoms with Crippen LogP contribution in [-0.2, 0) is 61.6 Å². The van der Waals surface area contributed by atoms with Gasteiger partial charge in [-0.25, -0.2) is 4.79 Å². The van der Waals surface area contributed by atoms with Crippen molar-refractivity contribution < 1.29 is 49.4 Å². The number of unbranched alkanes of at least 4 members (excludes halogenated alkanes) is 2. The summed E-state index contributed by atoms with van der Waals surface area (Å²) in [4.78, 5) is 25.7. The summed E-state index contributed by atoms with van der Waals surface area (Å²) in [5.41, 5.74) is 11.4. The lowest BCUT2D eigenvalue weighted by Crippen LogP contribution is -2.57. The van der Waals surface area contributed by atoms with Gasteiger partial charge in [-0.3, -0.25) is 4.79 Å². The molecule has 6 aromatic rings. The maximum Gasteiger partial charge on any atom is 0.349 e. The smallest absolute Gasteiger partial charge is 0.349 e. The molecule has 0 aromatic heterocycles. The predicted octanol–water partition coefficient (Wildman–Crippen LogP) is 16.2. The average Bonchev–Trinajstić information content (AvgIpc) is 1.98. The third kappa shape index (κ3) is 18.7. The third-order valence-electron chi connectivity index (χ3n) is 15.4. The predicted molar refractivity (Wildman–Crippen MR) is 355 cm³/mol. The second-order valence-corrected chi connectivity index (χ2v) is 47.5. The van der Waals surface area contributed by atoms with Crippen LogP contribution in [0.3, 0.4) is 0 Å². The van der Waals surface area contributed by atoms with Gasteiger partial charge in [0.1, 0.15) is 23.0 Å². The monoisotopic (exact) mass is 1240 g/mol. The fourth-order valence-electron chi connectivity index (χ4n) is 12.2. The van der Waals surface area contributed by atoms with Crippen LogP contribution in [0.2, 0.25) is 84.1 Å². The Kier molecular flexibility index (Phi) is 23.0. The maximum absolute atomic E-state index is 13.6. The molecule has 0 saturated heterocycles. The number of hydrogen-bond donors (Lipinski definition) is 0. The van der Waals surface area contributed by atoms with Crippen LogP contribution in [0.25, 0.3) is 11.1 Å². The fraction of sp³-hybridized carbons (Fsp3) is 0.433. The van der Waals surface area contributed by atoms with Gasteiger partial charge >= 0.3 is 37.6 Å². The largest absolute Gasteiger partial charge is 0.496 e. The second-order valence-electron chi connectivity index (χ2n) is 25.4. The lowest BCUT2D eigenvalue weighted by Gasteiger charge is -2.41. The SMILES string of the molecule is CCC(=O)Oc1ccccc1CCCC[Si](C)(CO[Si](C)(C)O[Si](C)(CCCCc1ccccc1OCC(=O)Oc1ccc(CC2(Cc3ccc(OC)c(C)c3)c3ccccc3-c3ccccc32)cc1C)O[Si](C)(C)C)O[Si](C)(C)O[SiH](C)C. The molecule has 0 bridgehead atoms. The van der Waals surface area contributed by atoms with Gasteiger partial charge in [0, 0.05) is 11.8 Å². The Balaban J connectivity index is 0.951.